The van der Waals surface area contributed by atoms with Crippen molar-refractivity contribution in [1.82, 2.24) is 44.3 Å². The van der Waals surface area contributed by atoms with E-state index in [-0.39, 0.29) is 28.7 Å². The third-order valence-electron chi connectivity index (χ3n) is 12.5. The molecule has 346 valence electrons. The zero-order chi connectivity index (χ0) is 47.0. The fourth-order valence-corrected chi connectivity index (χ4v) is 10.6. The van der Waals surface area contributed by atoms with Crippen LogP contribution in [0.15, 0.2) is 84.0 Å². The number of imidazole rings is 2. The summed E-state index contributed by atoms with van der Waals surface area (Å²) in [4.78, 5) is 84.4. The molecule has 3 aromatic heterocycles. The Morgan fingerprint density at radius 2 is 1.17 bits per heavy atom. The molecule has 4 atom stereocenters. The summed E-state index contributed by atoms with van der Waals surface area (Å²) in [5.74, 6) is -1.22. The SMILES string of the molecule is COC(=O)N[C@H](C(=O)C(=O)N1CCC[C@H]1c1ncc(-c2ccc3c4ccc(-c5cnc([C@@H]6CCCN6C(=O)[C@@H](NC(=O)OC)C(C)C)[nH]5)cc4n(S(=O)(=O)c4ccccc4)c3c2)[nH]1)C(C)C. The highest BCUT2D eigenvalue weighted by molar-refractivity contribution is 7.90. The number of alkyl carbamates (subject to hydrolysis) is 2. The monoisotopic (exact) mass is 919 g/mol. The van der Waals surface area contributed by atoms with Crippen molar-refractivity contribution in [1.29, 1.82) is 0 Å². The van der Waals surface area contributed by atoms with E-state index in [0.717, 1.165) is 6.42 Å². The molecule has 2 aliphatic rings. The van der Waals surface area contributed by atoms with Crippen LogP contribution in [-0.2, 0) is 33.9 Å². The molecule has 4 amide bonds. The molecule has 2 fully saturated rings. The number of likely N-dealkylation sites (tertiary alicyclic amines) is 2. The fourth-order valence-electron chi connectivity index (χ4n) is 9.06. The molecule has 0 saturated carbocycles. The molecular formula is C47H53N9O9S. The summed E-state index contributed by atoms with van der Waals surface area (Å²) >= 11 is 0. The number of nitrogens with one attached hydrogen (secondary N) is 4. The van der Waals surface area contributed by atoms with Crippen molar-refractivity contribution >= 4 is 61.6 Å². The second-order valence-electron chi connectivity index (χ2n) is 17.3. The number of carbonyl (C=O) groups is 5. The van der Waals surface area contributed by atoms with E-state index in [9.17, 15) is 32.4 Å². The van der Waals surface area contributed by atoms with E-state index in [1.807, 2.05) is 44.2 Å². The summed E-state index contributed by atoms with van der Waals surface area (Å²) in [6.45, 7) is 8.00. The first-order chi connectivity index (χ1) is 31.6. The third-order valence-corrected chi connectivity index (χ3v) is 14.3. The lowest BCUT2D eigenvalue weighted by Gasteiger charge is -2.30. The van der Waals surface area contributed by atoms with Crippen LogP contribution in [0.3, 0.4) is 0 Å². The predicted molar refractivity (Wildman–Crippen MR) is 244 cm³/mol. The van der Waals surface area contributed by atoms with E-state index in [4.69, 9.17) is 9.72 Å². The summed E-state index contributed by atoms with van der Waals surface area (Å²) in [5, 5.41) is 6.54. The second-order valence-corrected chi connectivity index (χ2v) is 19.1. The third kappa shape index (κ3) is 8.50. The maximum Gasteiger partial charge on any atom is 0.407 e. The standard InChI is InChI=1S/C47H53N9O9S/c1-26(2)39(52-46(60)64-5)41(57)45(59)55-21-11-15-36(55)43-49-25-34(51-43)29-17-19-32-31-18-16-28(22-37(31)56(38(32)23-29)66(62,63)30-12-8-7-9-13-30)33-24-48-42(50-33)35-14-10-20-54(35)44(58)40(27(3)4)53-47(61)65-6/h7-9,12-13,16-19,22-27,35-36,39-40H,10-11,14-15,20-21H2,1-6H3,(H,48,50)(H,49,51)(H,52,60)(H,53,61)/t35-,36-,39-,40-/m0/s1. The first kappa shape index (κ1) is 45.5. The molecule has 2 aliphatic heterocycles. The summed E-state index contributed by atoms with van der Waals surface area (Å²) in [7, 11) is -1.74. The molecule has 19 heteroatoms. The van der Waals surface area contributed by atoms with Crippen LogP contribution < -0.4 is 10.6 Å². The number of fused-ring (bicyclic) bond motifs is 3. The fraction of sp³-hybridized carbons (Fsp3) is 0.383. The number of ether oxygens (including phenoxy) is 2. The highest BCUT2D eigenvalue weighted by Gasteiger charge is 2.40. The number of amides is 4. The Balaban J connectivity index is 1.13. The van der Waals surface area contributed by atoms with Crippen LogP contribution in [0.5, 0.6) is 0 Å². The van der Waals surface area contributed by atoms with E-state index in [0.29, 0.717) is 88.3 Å². The van der Waals surface area contributed by atoms with Gasteiger partial charge in [-0.05, 0) is 61.8 Å². The van der Waals surface area contributed by atoms with Crippen molar-refractivity contribution in [3.63, 3.8) is 0 Å². The van der Waals surface area contributed by atoms with Crippen LogP contribution in [-0.4, -0.2) is 111 Å². The number of benzene rings is 3. The lowest BCUT2D eigenvalue weighted by molar-refractivity contribution is -0.146. The van der Waals surface area contributed by atoms with Crippen LogP contribution in [0.2, 0.25) is 0 Å². The molecule has 8 rings (SSSR count). The van der Waals surface area contributed by atoms with Crippen LogP contribution in [0, 0.1) is 11.8 Å². The summed E-state index contributed by atoms with van der Waals surface area (Å²) in [5.41, 5.74) is 3.36. The molecule has 0 aliphatic carbocycles. The molecule has 0 spiro atoms. The van der Waals surface area contributed by atoms with Gasteiger partial charge in [-0.25, -0.2) is 31.9 Å². The van der Waals surface area contributed by atoms with Crippen molar-refractivity contribution in [2.75, 3.05) is 27.3 Å². The molecular weight excluding hydrogens is 867 g/mol. The van der Waals surface area contributed by atoms with Gasteiger partial charge in [-0.2, -0.15) is 0 Å². The molecule has 0 radical (unpaired) electrons. The highest BCUT2D eigenvalue weighted by Crippen LogP contribution is 2.39. The molecule has 0 unspecified atom stereocenters. The summed E-state index contributed by atoms with van der Waals surface area (Å²) in [6.07, 6.45) is 4.40. The van der Waals surface area contributed by atoms with Gasteiger partial charge in [0.2, 0.25) is 11.7 Å². The van der Waals surface area contributed by atoms with E-state index >= 15 is 0 Å². The Morgan fingerprint density at radius 3 is 1.67 bits per heavy atom. The van der Waals surface area contributed by atoms with Gasteiger partial charge < -0.3 is 39.9 Å². The summed E-state index contributed by atoms with van der Waals surface area (Å²) < 4.78 is 40.3. The zero-order valence-corrected chi connectivity index (χ0v) is 38.3. The highest BCUT2D eigenvalue weighted by atomic mass is 32.2. The second kappa shape index (κ2) is 18.5. The molecule has 5 heterocycles. The largest absolute Gasteiger partial charge is 0.453 e. The molecule has 3 aromatic carbocycles. The molecule has 4 N–H and O–H groups in total. The van der Waals surface area contributed by atoms with E-state index in [2.05, 4.69) is 30.3 Å². The van der Waals surface area contributed by atoms with Gasteiger partial charge in [-0.15, -0.1) is 0 Å². The maximum atomic E-state index is 14.7. The average Bonchev–Trinajstić information content (AvgIpc) is 4.18. The van der Waals surface area contributed by atoms with Crippen LogP contribution in [0.4, 0.5) is 9.59 Å². The van der Waals surface area contributed by atoms with Crippen molar-refractivity contribution in [2.24, 2.45) is 11.8 Å². The van der Waals surface area contributed by atoms with Gasteiger partial charge in [0, 0.05) is 35.0 Å². The van der Waals surface area contributed by atoms with Gasteiger partial charge in [0.1, 0.15) is 23.7 Å². The number of nitrogens with zero attached hydrogens (tertiary/aromatic N) is 5. The Bertz CT molecular complexity index is 2940. The van der Waals surface area contributed by atoms with Gasteiger partial charge in [0.05, 0.1) is 66.0 Å². The van der Waals surface area contributed by atoms with Crippen LogP contribution in [0.25, 0.3) is 44.3 Å². The van der Waals surface area contributed by atoms with Crippen LogP contribution >= 0.6 is 0 Å². The number of methoxy groups -OCH3 is 2. The molecule has 66 heavy (non-hydrogen) atoms. The Morgan fingerprint density at radius 1 is 0.682 bits per heavy atom. The number of Topliss-reactive ketones (excluding diaryl/α,β-unsaturated/α-hetero) is 1. The Kier molecular flexibility index (Phi) is 12.7. The maximum absolute atomic E-state index is 14.7. The van der Waals surface area contributed by atoms with Gasteiger partial charge in [0.15, 0.2) is 0 Å². The quantitative estimate of drug-likeness (QED) is 0.0918. The molecule has 0 bridgehead atoms. The van der Waals surface area contributed by atoms with Crippen molar-refractivity contribution < 1.29 is 41.9 Å². The number of carbonyl (C=O) groups excluding carboxylic acids is 5. The molecule has 6 aromatic rings. The van der Waals surface area contributed by atoms with E-state index in [1.165, 1.54) is 23.1 Å². The number of aromatic nitrogens is 5. The minimum absolute atomic E-state index is 0.0988. The normalized spacial score (nSPS) is 17.4. The smallest absolute Gasteiger partial charge is 0.407 e. The minimum Gasteiger partial charge on any atom is -0.453 e. The van der Waals surface area contributed by atoms with E-state index in [1.54, 1.807) is 67.5 Å². The van der Waals surface area contributed by atoms with Crippen molar-refractivity contribution in [2.45, 2.75) is 82.4 Å². The topological polar surface area (TPSA) is 231 Å². The lowest BCUT2D eigenvalue weighted by atomic mass is 9.99. The number of aromatic amines is 2. The number of rotatable bonds is 13. The van der Waals surface area contributed by atoms with Gasteiger partial charge in [-0.1, -0.05) is 70.2 Å². The summed E-state index contributed by atoms with van der Waals surface area (Å²) in [6, 6.07) is 16.6. The predicted octanol–water partition coefficient (Wildman–Crippen LogP) is 6.47. The Hall–Kier alpha value is -7.02. The number of hydrogen-bond acceptors (Lipinski definition) is 11. The first-order valence-corrected chi connectivity index (χ1v) is 23.4. The zero-order valence-electron chi connectivity index (χ0n) is 37.5. The van der Waals surface area contributed by atoms with Gasteiger partial charge in [-0.3, -0.25) is 14.4 Å². The van der Waals surface area contributed by atoms with E-state index < -0.39 is 52.0 Å². The van der Waals surface area contributed by atoms with Gasteiger partial charge in [0.25, 0.3) is 15.9 Å². The average molecular weight is 920 g/mol. The van der Waals surface area contributed by atoms with Crippen molar-refractivity contribution in [3.05, 3.63) is 90.8 Å². The molecule has 2 saturated heterocycles. The van der Waals surface area contributed by atoms with Crippen LogP contribution in [0.1, 0.15) is 77.1 Å². The minimum atomic E-state index is -4.18. The Labute approximate surface area is 381 Å². The van der Waals surface area contributed by atoms with Crippen molar-refractivity contribution in [3.8, 4) is 22.5 Å². The number of ketones is 1. The molecule has 18 nitrogen and oxygen atoms in total. The lowest BCUT2D eigenvalue weighted by Crippen LogP contribution is -2.51. The first-order valence-electron chi connectivity index (χ1n) is 22.0. The van der Waals surface area contributed by atoms with Gasteiger partial charge >= 0.3 is 12.2 Å². The number of H-pyrrole nitrogens is 2. The number of hydrogen-bond donors (Lipinski definition) is 4.